The van der Waals surface area contributed by atoms with Crippen LogP contribution in [0.4, 0.5) is 9.93 Å². The van der Waals surface area contributed by atoms with Crippen LogP contribution in [0, 0.1) is 0 Å². The molecule has 1 aliphatic heterocycles. The van der Waals surface area contributed by atoms with Gasteiger partial charge in [0, 0.05) is 24.7 Å². The molecule has 0 radical (unpaired) electrons. The third-order valence-corrected chi connectivity index (χ3v) is 5.49. The summed E-state index contributed by atoms with van der Waals surface area (Å²) in [6.07, 6.45) is 1.68. The molecule has 3 aromatic rings. The number of nitrogens with zero attached hydrogens (tertiary/aromatic N) is 3. The molecule has 7 heteroatoms. The SMILES string of the molecule is O=C(NC(c1ccccc1)c1ccccc1)N1CCN(c2nccs2)C(=O)C1. The quantitative estimate of drug-likeness (QED) is 0.741. The van der Waals surface area contributed by atoms with Crippen LogP contribution in [0.1, 0.15) is 17.2 Å². The van der Waals surface area contributed by atoms with E-state index in [2.05, 4.69) is 10.3 Å². The maximum Gasteiger partial charge on any atom is 0.318 e. The Kier molecular flexibility index (Phi) is 5.34. The van der Waals surface area contributed by atoms with Gasteiger partial charge in [0.1, 0.15) is 6.54 Å². The van der Waals surface area contributed by atoms with Crippen molar-refractivity contribution in [2.75, 3.05) is 24.5 Å². The maximum atomic E-state index is 12.9. The monoisotopic (exact) mass is 392 g/mol. The molecule has 3 amide bonds. The molecule has 0 bridgehead atoms. The Hall–Kier alpha value is -3.19. The van der Waals surface area contributed by atoms with Gasteiger partial charge in [-0.15, -0.1) is 11.3 Å². The molecule has 28 heavy (non-hydrogen) atoms. The molecule has 0 unspecified atom stereocenters. The fourth-order valence-corrected chi connectivity index (χ4v) is 3.95. The fraction of sp³-hybridized carbons (Fsp3) is 0.190. The highest BCUT2D eigenvalue weighted by Gasteiger charge is 2.30. The largest absolute Gasteiger partial charge is 0.327 e. The number of carbonyl (C=O) groups excluding carboxylic acids is 2. The second-order valence-corrected chi connectivity index (χ2v) is 7.36. The van der Waals surface area contributed by atoms with Gasteiger partial charge in [-0.1, -0.05) is 60.7 Å². The highest BCUT2D eigenvalue weighted by atomic mass is 32.1. The van der Waals surface area contributed by atoms with Gasteiger partial charge < -0.3 is 10.2 Å². The second-order valence-electron chi connectivity index (χ2n) is 6.49. The van der Waals surface area contributed by atoms with E-state index >= 15 is 0 Å². The van der Waals surface area contributed by atoms with Crippen LogP contribution >= 0.6 is 11.3 Å². The van der Waals surface area contributed by atoms with Crippen LogP contribution in [0.5, 0.6) is 0 Å². The summed E-state index contributed by atoms with van der Waals surface area (Å²) in [6, 6.07) is 19.1. The lowest BCUT2D eigenvalue weighted by atomic mass is 9.99. The van der Waals surface area contributed by atoms with Gasteiger partial charge in [0.2, 0.25) is 5.91 Å². The fourth-order valence-electron chi connectivity index (χ4n) is 3.26. The average molecular weight is 392 g/mol. The Morgan fingerprint density at radius 3 is 2.18 bits per heavy atom. The lowest BCUT2D eigenvalue weighted by molar-refractivity contribution is -0.120. The molecule has 0 saturated carbocycles. The summed E-state index contributed by atoms with van der Waals surface area (Å²) in [5, 5.41) is 5.61. The number of rotatable bonds is 4. The molecular weight excluding hydrogens is 372 g/mol. The van der Waals surface area contributed by atoms with Gasteiger partial charge >= 0.3 is 6.03 Å². The van der Waals surface area contributed by atoms with Crippen LogP contribution in [0.3, 0.4) is 0 Å². The minimum atomic E-state index is -0.276. The first-order valence-corrected chi connectivity index (χ1v) is 9.95. The molecule has 1 aliphatic rings. The van der Waals surface area contributed by atoms with Crippen molar-refractivity contribution in [3.05, 3.63) is 83.4 Å². The number of piperazine rings is 1. The highest BCUT2D eigenvalue weighted by Crippen LogP contribution is 2.23. The summed E-state index contributed by atoms with van der Waals surface area (Å²) in [4.78, 5) is 32.8. The summed E-state index contributed by atoms with van der Waals surface area (Å²) in [7, 11) is 0. The number of urea groups is 1. The maximum absolute atomic E-state index is 12.9. The first-order valence-electron chi connectivity index (χ1n) is 9.07. The molecule has 2 heterocycles. The first kappa shape index (κ1) is 18.2. The van der Waals surface area contributed by atoms with Crippen molar-refractivity contribution in [3.63, 3.8) is 0 Å². The zero-order valence-corrected chi connectivity index (χ0v) is 16.0. The van der Waals surface area contributed by atoms with Crippen molar-refractivity contribution in [3.8, 4) is 0 Å². The molecule has 1 saturated heterocycles. The van der Waals surface area contributed by atoms with E-state index in [0.717, 1.165) is 11.1 Å². The Morgan fingerprint density at radius 1 is 1.00 bits per heavy atom. The number of hydrogen-bond donors (Lipinski definition) is 1. The lowest BCUT2D eigenvalue weighted by Gasteiger charge is -2.34. The van der Waals surface area contributed by atoms with E-state index in [9.17, 15) is 9.59 Å². The van der Waals surface area contributed by atoms with Crippen LogP contribution in [0.2, 0.25) is 0 Å². The van der Waals surface area contributed by atoms with Gasteiger partial charge in [0.25, 0.3) is 0 Å². The minimum Gasteiger partial charge on any atom is -0.327 e. The van der Waals surface area contributed by atoms with E-state index in [-0.39, 0.29) is 24.5 Å². The molecular formula is C21H20N4O2S. The smallest absolute Gasteiger partial charge is 0.318 e. The number of nitrogens with one attached hydrogen (secondary N) is 1. The Labute approximate surface area is 167 Å². The van der Waals surface area contributed by atoms with Crippen molar-refractivity contribution >= 4 is 28.4 Å². The van der Waals surface area contributed by atoms with Gasteiger partial charge in [-0.25, -0.2) is 9.78 Å². The molecule has 1 fully saturated rings. The summed E-state index contributed by atoms with van der Waals surface area (Å²) < 4.78 is 0. The molecule has 2 aromatic carbocycles. The Morgan fingerprint density at radius 2 is 1.64 bits per heavy atom. The zero-order valence-electron chi connectivity index (χ0n) is 15.2. The lowest BCUT2D eigenvalue weighted by Crippen LogP contribution is -2.55. The molecule has 1 aromatic heterocycles. The van der Waals surface area contributed by atoms with E-state index < -0.39 is 0 Å². The minimum absolute atomic E-state index is 0.0434. The molecule has 0 atom stereocenters. The number of anilines is 1. The van der Waals surface area contributed by atoms with Crippen molar-refractivity contribution in [1.29, 1.82) is 0 Å². The van der Waals surface area contributed by atoms with Crippen molar-refractivity contribution in [2.45, 2.75) is 6.04 Å². The Balaban J connectivity index is 1.49. The van der Waals surface area contributed by atoms with Crippen LogP contribution in [0.25, 0.3) is 0 Å². The summed E-state index contributed by atoms with van der Waals surface area (Å²) in [5.74, 6) is -0.118. The topological polar surface area (TPSA) is 65.5 Å². The highest BCUT2D eigenvalue weighted by molar-refractivity contribution is 7.13. The van der Waals surface area contributed by atoms with Gasteiger partial charge in [-0.3, -0.25) is 9.69 Å². The zero-order chi connectivity index (χ0) is 19.3. The third-order valence-electron chi connectivity index (χ3n) is 4.69. The number of aromatic nitrogens is 1. The van der Waals surface area contributed by atoms with Crippen LogP contribution in [-0.2, 0) is 4.79 Å². The number of thiazole rings is 1. The van der Waals surface area contributed by atoms with Crippen molar-refractivity contribution in [2.24, 2.45) is 0 Å². The normalized spacial score (nSPS) is 14.4. The summed E-state index contributed by atoms with van der Waals surface area (Å²) in [6.45, 7) is 0.955. The molecule has 1 N–H and O–H groups in total. The number of benzene rings is 2. The molecule has 6 nitrogen and oxygen atoms in total. The Bertz CT molecular complexity index is 892. The standard InChI is InChI=1S/C21H20N4O2S/c26-18-15-24(12-13-25(18)21-22-11-14-28-21)20(27)23-19(16-7-3-1-4-8-16)17-9-5-2-6-10-17/h1-11,14,19H,12-13,15H2,(H,23,27). The summed E-state index contributed by atoms with van der Waals surface area (Å²) in [5.41, 5.74) is 1.99. The van der Waals surface area contributed by atoms with Crippen molar-refractivity contribution < 1.29 is 9.59 Å². The number of hydrogen-bond acceptors (Lipinski definition) is 4. The van der Waals surface area contributed by atoms with E-state index in [1.165, 1.54) is 11.3 Å². The molecule has 0 spiro atoms. The molecule has 4 rings (SSSR count). The van der Waals surface area contributed by atoms with Crippen LogP contribution in [-0.4, -0.2) is 41.5 Å². The van der Waals surface area contributed by atoms with Gasteiger partial charge in [-0.2, -0.15) is 0 Å². The third kappa shape index (κ3) is 3.89. The van der Waals surface area contributed by atoms with Crippen LogP contribution in [0.15, 0.2) is 72.2 Å². The van der Waals surface area contributed by atoms with E-state index in [4.69, 9.17) is 0 Å². The van der Waals surface area contributed by atoms with Gasteiger partial charge in [0.15, 0.2) is 5.13 Å². The molecule has 0 aliphatic carbocycles. The first-order chi connectivity index (χ1) is 13.7. The molecule has 142 valence electrons. The number of carbonyl (C=O) groups is 2. The van der Waals surface area contributed by atoms with E-state index in [1.807, 2.05) is 66.0 Å². The number of amides is 3. The average Bonchev–Trinajstić information content (AvgIpc) is 3.27. The van der Waals surface area contributed by atoms with Crippen molar-refractivity contribution in [1.82, 2.24) is 15.2 Å². The van der Waals surface area contributed by atoms with Crippen LogP contribution < -0.4 is 10.2 Å². The predicted molar refractivity (Wildman–Crippen MR) is 109 cm³/mol. The van der Waals surface area contributed by atoms with Gasteiger partial charge in [0.05, 0.1) is 6.04 Å². The van der Waals surface area contributed by atoms with E-state index in [1.54, 1.807) is 16.0 Å². The second kappa shape index (κ2) is 8.22. The van der Waals surface area contributed by atoms with E-state index in [0.29, 0.717) is 18.2 Å². The summed E-state index contributed by atoms with van der Waals surface area (Å²) >= 11 is 1.42. The predicted octanol–water partition coefficient (Wildman–Crippen LogP) is 3.29. The van der Waals surface area contributed by atoms with Gasteiger partial charge in [-0.05, 0) is 11.1 Å².